The summed E-state index contributed by atoms with van der Waals surface area (Å²) in [6.07, 6.45) is 25.8. The highest BCUT2D eigenvalue weighted by Gasteiger charge is 1.91. The van der Waals surface area contributed by atoms with E-state index >= 15 is 0 Å². The first kappa shape index (κ1) is 22.7. The Morgan fingerprint density at radius 3 is 1.81 bits per heavy atom. The summed E-state index contributed by atoms with van der Waals surface area (Å²) >= 11 is 0. The topological polar surface area (TPSA) is 12.4 Å². The van der Waals surface area contributed by atoms with Crippen LogP contribution in [-0.2, 0) is 0 Å². The van der Waals surface area contributed by atoms with Gasteiger partial charge in [-0.15, -0.1) is 0 Å². The third kappa shape index (κ3) is 14.9. The number of nitrogens with zero attached hydrogens (tertiary/aromatic N) is 1. The molecule has 146 valence electrons. The molecule has 0 aliphatic rings. The Bertz CT molecular complexity index is 446. The van der Waals surface area contributed by atoms with Gasteiger partial charge in [0, 0.05) is 12.8 Å². The maximum atomic E-state index is 4.51. The van der Waals surface area contributed by atoms with E-state index in [-0.39, 0.29) is 0 Å². The van der Waals surface area contributed by atoms with Gasteiger partial charge >= 0.3 is 0 Å². The van der Waals surface area contributed by atoms with Gasteiger partial charge in [0.2, 0.25) is 0 Å². The van der Waals surface area contributed by atoms with Crippen LogP contribution in [0.4, 0.5) is 0 Å². The molecule has 1 aromatic carbocycles. The van der Waals surface area contributed by atoms with Gasteiger partial charge in [-0.1, -0.05) is 107 Å². The predicted molar refractivity (Wildman–Crippen MR) is 118 cm³/mol. The molecule has 0 bridgehead atoms. The van der Waals surface area contributed by atoms with Crippen LogP contribution < -0.4 is 0 Å². The maximum absolute atomic E-state index is 4.51. The lowest BCUT2D eigenvalue weighted by Gasteiger charge is -2.00. The van der Waals surface area contributed by atoms with Crippen LogP contribution in [0, 0.1) is 0 Å². The Morgan fingerprint density at radius 2 is 1.19 bits per heavy atom. The van der Waals surface area contributed by atoms with Gasteiger partial charge < -0.3 is 0 Å². The Labute approximate surface area is 163 Å². The fourth-order valence-corrected chi connectivity index (χ4v) is 3.16. The minimum absolute atomic E-state index is 0.968. The molecule has 1 rings (SSSR count). The summed E-state index contributed by atoms with van der Waals surface area (Å²) in [6.45, 7) is 3.25. The van der Waals surface area contributed by atoms with Crippen LogP contribution in [0.5, 0.6) is 0 Å². The third-order valence-corrected chi connectivity index (χ3v) is 4.84. The lowest BCUT2D eigenvalue weighted by Crippen LogP contribution is -1.86. The summed E-state index contributed by atoms with van der Waals surface area (Å²) in [5.74, 6) is 0. The highest BCUT2D eigenvalue weighted by Crippen LogP contribution is 2.10. The van der Waals surface area contributed by atoms with E-state index in [1.165, 1.54) is 95.5 Å². The molecule has 0 aromatic heterocycles. The van der Waals surface area contributed by atoms with E-state index in [2.05, 4.69) is 48.3 Å². The van der Waals surface area contributed by atoms with Crippen molar-refractivity contribution in [1.29, 1.82) is 0 Å². The summed E-state index contributed by atoms with van der Waals surface area (Å²) in [7, 11) is 0. The smallest absolute Gasteiger partial charge is 0.0389 e. The average Bonchev–Trinajstić information content (AvgIpc) is 2.68. The van der Waals surface area contributed by atoms with Crippen LogP contribution in [0.1, 0.15) is 102 Å². The van der Waals surface area contributed by atoms with Gasteiger partial charge in [-0.25, -0.2) is 0 Å². The second-order valence-corrected chi connectivity index (χ2v) is 7.38. The van der Waals surface area contributed by atoms with Crippen molar-refractivity contribution >= 4 is 6.21 Å². The maximum Gasteiger partial charge on any atom is 0.0389 e. The van der Waals surface area contributed by atoms with Crippen molar-refractivity contribution in [3.63, 3.8) is 0 Å². The number of benzene rings is 1. The van der Waals surface area contributed by atoms with E-state index in [0.717, 1.165) is 6.54 Å². The predicted octanol–water partition coefficient (Wildman–Crippen LogP) is 8.14. The highest BCUT2D eigenvalue weighted by atomic mass is 14.7. The third-order valence-electron chi connectivity index (χ3n) is 4.84. The molecule has 26 heavy (non-hydrogen) atoms. The zero-order valence-electron chi connectivity index (χ0n) is 17.2. The monoisotopic (exact) mass is 355 g/mol. The molecule has 0 spiro atoms. The number of hydrogen-bond acceptors (Lipinski definition) is 1. The molecule has 1 heteroatoms. The van der Waals surface area contributed by atoms with E-state index in [4.69, 9.17) is 0 Å². The molecule has 1 aromatic rings. The summed E-state index contributed by atoms with van der Waals surface area (Å²) in [4.78, 5) is 4.51. The van der Waals surface area contributed by atoms with Gasteiger partial charge in [-0.3, -0.25) is 4.99 Å². The minimum Gasteiger partial charge on any atom is -0.293 e. The molecule has 0 aliphatic carbocycles. The lowest BCUT2D eigenvalue weighted by atomic mass is 10.1. The van der Waals surface area contributed by atoms with Crippen LogP contribution in [0.15, 0.2) is 47.5 Å². The highest BCUT2D eigenvalue weighted by molar-refractivity contribution is 5.79. The molecule has 0 saturated heterocycles. The second kappa shape index (κ2) is 18.4. The molecule has 0 unspecified atom stereocenters. The van der Waals surface area contributed by atoms with E-state index in [0.29, 0.717) is 0 Å². The van der Waals surface area contributed by atoms with Crippen molar-refractivity contribution < 1.29 is 0 Å². The number of unbranched alkanes of at least 4 members (excludes halogenated alkanes) is 12. The van der Waals surface area contributed by atoms with Crippen molar-refractivity contribution in [1.82, 2.24) is 0 Å². The van der Waals surface area contributed by atoms with Crippen LogP contribution in [0.2, 0.25) is 0 Å². The number of hydrogen-bond donors (Lipinski definition) is 0. The normalized spacial score (nSPS) is 11.7. The van der Waals surface area contributed by atoms with Gasteiger partial charge in [0.15, 0.2) is 0 Å². The fraction of sp³-hybridized carbons (Fsp3) is 0.640. The summed E-state index contributed by atoms with van der Waals surface area (Å²) in [5, 5.41) is 0. The molecule has 0 N–H and O–H groups in total. The molecular formula is C25H41N. The molecular weight excluding hydrogens is 314 g/mol. The van der Waals surface area contributed by atoms with Crippen molar-refractivity contribution in [2.45, 2.75) is 96.8 Å². The Morgan fingerprint density at radius 1 is 0.654 bits per heavy atom. The van der Waals surface area contributed by atoms with Crippen LogP contribution >= 0.6 is 0 Å². The van der Waals surface area contributed by atoms with E-state index < -0.39 is 0 Å². The number of rotatable bonds is 17. The summed E-state index contributed by atoms with van der Waals surface area (Å²) in [6, 6.07) is 10.4. The van der Waals surface area contributed by atoms with Crippen LogP contribution in [0.3, 0.4) is 0 Å². The van der Waals surface area contributed by atoms with Crippen LogP contribution in [0.25, 0.3) is 0 Å². The standard InChI is InChI=1S/C25H41N/c1-2-3-4-5-6-7-8-9-10-11-12-13-14-15-16-20-23-26-24-25-21-18-17-19-22-25/h9-10,17-19,21-22,24H,2-8,11-16,20,23H2,1H3/b10-9-,26-24?. The van der Waals surface area contributed by atoms with Crippen molar-refractivity contribution in [3.8, 4) is 0 Å². The zero-order valence-corrected chi connectivity index (χ0v) is 17.2. The first-order valence-electron chi connectivity index (χ1n) is 11.1. The Balaban J connectivity index is 1.78. The lowest BCUT2D eigenvalue weighted by molar-refractivity contribution is 0.599. The van der Waals surface area contributed by atoms with E-state index in [1.54, 1.807) is 0 Å². The molecule has 0 saturated carbocycles. The Hall–Kier alpha value is -1.37. The first-order valence-corrected chi connectivity index (χ1v) is 11.1. The van der Waals surface area contributed by atoms with Gasteiger partial charge in [0.05, 0.1) is 0 Å². The zero-order chi connectivity index (χ0) is 18.5. The first-order chi connectivity index (χ1) is 12.9. The molecule has 0 aliphatic heterocycles. The van der Waals surface area contributed by atoms with Gasteiger partial charge in [0.25, 0.3) is 0 Å². The molecule has 0 heterocycles. The van der Waals surface area contributed by atoms with Crippen molar-refractivity contribution in [3.05, 3.63) is 48.0 Å². The molecule has 0 fully saturated rings. The van der Waals surface area contributed by atoms with Crippen molar-refractivity contribution in [2.24, 2.45) is 4.99 Å². The minimum atomic E-state index is 0.968. The average molecular weight is 356 g/mol. The van der Waals surface area contributed by atoms with Crippen LogP contribution in [-0.4, -0.2) is 12.8 Å². The van der Waals surface area contributed by atoms with Gasteiger partial charge in [-0.05, 0) is 37.7 Å². The summed E-state index contributed by atoms with van der Waals surface area (Å²) in [5.41, 5.74) is 1.21. The van der Waals surface area contributed by atoms with Crippen molar-refractivity contribution in [2.75, 3.05) is 6.54 Å². The number of allylic oxidation sites excluding steroid dienone is 2. The molecule has 1 nitrogen and oxygen atoms in total. The van der Waals surface area contributed by atoms with Gasteiger partial charge in [-0.2, -0.15) is 0 Å². The van der Waals surface area contributed by atoms with E-state index in [1.807, 2.05) is 12.3 Å². The van der Waals surface area contributed by atoms with E-state index in [9.17, 15) is 0 Å². The SMILES string of the molecule is CCCCCCCC/C=C\CCCCCCCCN=Cc1ccccc1. The Kier molecular flexibility index (Phi) is 16.1. The molecule has 0 amide bonds. The quantitative estimate of drug-likeness (QED) is 0.152. The van der Waals surface area contributed by atoms with Gasteiger partial charge in [0.1, 0.15) is 0 Å². The number of aliphatic imine (C=N–C) groups is 1. The summed E-state index contributed by atoms with van der Waals surface area (Å²) < 4.78 is 0. The largest absolute Gasteiger partial charge is 0.293 e. The molecule has 0 radical (unpaired) electrons. The molecule has 0 atom stereocenters. The second-order valence-electron chi connectivity index (χ2n) is 7.38. The fourth-order valence-electron chi connectivity index (χ4n) is 3.16.